The Morgan fingerprint density at radius 1 is 1.56 bits per heavy atom. The molecule has 2 rings (SSSR count). The van der Waals surface area contributed by atoms with Gasteiger partial charge in [-0.1, -0.05) is 0 Å². The Kier molecular flexibility index (Phi) is 3.23. The molecular formula is C12H16N2O4. The third kappa shape index (κ3) is 2.44. The monoisotopic (exact) mass is 252 g/mol. The van der Waals surface area contributed by atoms with Gasteiger partial charge in [0.2, 0.25) is 0 Å². The molecule has 6 heteroatoms. The highest BCUT2D eigenvalue weighted by Crippen LogP contribution is 2.30. The van der Waals surface area contributed by atoms with Crippen LogP contribution in [0.2, 0.25) is 0 Å². The summed E-state index contributed by atoms with van der Waals surface area (Å²) < 4.78 is 0. The van der Waals surface area contributed by atoms with Crippen molar-refractivity contribution in [3.63, 3.8) is 0 Å². The van der Waals surface area contributed by atoms with Crippen molar-refractivity contribution in [2.45, 2.75) is 25.6 Å². The number of hydrogen-bond donors (Lipinski definition) is 2. The standard InChI is InChI=1S/C12H16N2O4/c1-12(16)4-5-13(8-12)10-2-3-11(14(17)18)9(6-10)7-15/h2-3,6,15-16H,4-5,7-8H2,1H3. The number of nitro benzene ring substituents is 1. The molecule has 1 unspecified atom stereocenters. The number of nitrogens with zero attached hydrogens (tertiary/aromatic N) is 2. The van der Waals surface area contributed by atoms with Crippen LogP contribution in [0.5, 0.6) is 0 Å². The highest BCUT2D eigenvalue weighted by Gasteiger charge is 2.31. The van der Waals surface area contributed by atoms with Gasteiger partial charge in [-0.25, -0.2) is 0 Å². The van der Waals surface area contributed by atoms with E-state index in [0.29, 0.717) is 25.1 Å². The Bertz CT molecular complexity index is 473. The Hall–Kier alpha value is -1.66. The minimum atomic E-state index is -0.721. The number of rotatable bonds is 3. The van der Waals surface area contributed by atoms with Crippen LogP contribution >= 0.6 is 0 Å². The molecule has 0 aromatic heterocycles. The minimum absolute atomic E-state index is 0.0767. The van der Waals surface area contributed by atoms with E-state index in [4.69, 9.17) is 5.11 Å². The molecule has 1 aromatic rings. The smallest absolute Gasteiger partial charge is 0.275 e. The van der Waals surface area contributed by atoms with Crippen LogP contribution in [0, 0.1) is 10.1 Å². The SMILES string of the molecule is CC1(O)CCN(c2ccc([N+](=O)[O-])c(CO)c2)C1. The maximum atomic E-state index is 10.8. The first-order chi connectivity index (χ1) is 8.43. The predicted octanol–water partition coefficient (Wildman–Crippen LogP) is 1.05. The van der Waals surface area contributed by atoms with E-state index >= 15 is 0 Å². The van der Waals surface area contributed by atoms with Crippen LogP contribution in [0.4, 0.5) is 11.4 Å². The normalized spacial score (nSPS) is 23.4. The molecule has 0 saturated carbocycles. The average Bonchev–Trinajstić information content (AvgIpc) is 2.68. The van der Waals surface area contributed by atoms with Gasteiger partial charge in [0, 0.05) is 24.8 Å². The summed E-state index contributed by atoms with van der Waals surface area (Å²) in [5.41, 5.74) is 0.292. The van der Waals surface area contributed by atoms with Gasteiger partial charge in [0.25, 0.3) is 5.69 Å². The van der Waals surface area contributed by atoms with E-state index in [0.717, 1.165) is 5.69 Å². The number of nitro groups is 1. The molecule has 0 spiro atoms. The van der Waals surface area contributed by atoms with Gasteiger partial charge in [0.15, 0.2) is 0 Å². The molecule has 18 heavy (non-hydrogen) atoms. The quantitative estimate of drug-likeness (QED) is 0.620. The number of hydrogen-bond acceptors (Lipinski definition) is 5. The lowest BCUT2D eigenvalue weighted by molar-refractivity contribution is -0.385. The zero-order valence-corrected chi connectivity index (χ0v) is 10.2. The molecule has 6 nitrogen and oxygen atoms in total. The fourth-order valence-corrected chi connectivity index (χ4v) is 2.24. The number of anilines is 1. The Morgan fingerprint density at radius 2 is 2.28 bits per heavy atom. The van der Waals surface area contributed by atoms with Crippen molar-refractivity contribution >= 4 is 11.4 Å². The summed E-state index contributed by atoms with van der Waals surface area (Å²) in [4.78, 5) is 12.2. The highest BCUT2D eigenvalue weighted by atomic mass is 16.6. The molecule has 0 radical (unpaired) electrons. The fraction of sp³-hybridized carbons (Fsp3) is 0.500. The summed E-state index contributed by atoms with van der Waals surface area (Å²) in [5.74, 6) is 0. The molecule has 1 aliphatic rings. The number of aliphatic hydroxyl groups excluding tert-OH is 1. The molecule has 98 valence electrons. The molecule has 1 saturated heterocycles. The van der Waals surface area contributed by atoms with Gasteiger partial charge in [0.05, 0.1) is 22.7 Å². The second kappa shape index (κ2) is 4.55. The first-order valence-electron chi connectivity index (χ1n) is 5.78. The van der Waals surface area contributed by atoms with Crippen LogP contribution in [0.25, 0.3) is 0 Å². The van der Waals surface area contributed by atoms with E-state index < -0.39 is 10.5 Å². The molecule has 1 aliphatic heterocycles. The summed E-state index contributed by atoms with van der Waals surface area (Å²) in [7, 11) is 0. The Labute approximate surface area is 105 Å². The molecular weight excluding hydrogens is 236 g/mol. The van der Waals surface area contributed by atoms with Gasteiger partial charge in [-0.15, -0.1) is 0 Å². The van der Waals surface area contributed by atoms with E-state index in [1.54, 1.807) is 19.1 Å². The number of aliphatic hydroxyl groups is 2. The van der Waals surface area contributed by atoms with Crippen molar-refractivity contribution in [3.05, 3.63) is 33.9 Å². The van der Waals surface area contributed by atoms with Crippen LogP contribution < -0.4 is 4.90 Å². The maximum absolute atomic E-state index is 10.8. The van der Waals surface area contributed by atoms with Gasteiger partial charge in [-0.3, -0.25) is 10.1 Å². The molecule has 1 aromatic carbocycles. The third-order valence-corrected chi connectivity index (χ3v) is 3.25. The number of benzene rings is 1. The zero-order valence-electron chi connectivity index (χ0n) is 10.2. The lowest BCUT2D eigenvalue weighted by atomic mass is 10.1. The largest absolute Gasteiger partial charge is 0.391 e. The highest BCUT2D eigenvalue weighted by molar-refractivity contribution is 5.56. The van der Waals surface area contributed by atoms with Crippen molar-refractivity contribution in [2.75, 3.05) is 18.0 Å². The minimum Gasteiger partial charge on any atom is -0.391 e. The predicted molar refractivity (Wildman–Crippen MR) is 66.5 cm³/mol. The molecule has 0 aliphatic carbocycles. The van der Waals surface area contributed by atoms with Gasteiger partial charge in [-0.2, -0.15) is 0 Å². The van der Waals surface area contributed by atoms with E-state index in [-0.39, 0.29) is 12.3 Å². The van der Waals surface area contributed by atoms with E-state index in [9.17, 15) is 15.2 Å². The lowest BCUT2D eigenvalue weighted by Crippen LogP contribution is -2.29. The average molecular weight is 252 g/mol. The second-order valence-electron chi connectivity index (χ2n) is 4.90. The fourth-order valence-electron chi connectivity index (χ4n) is 2.24. The van der Waals surface area contributed by atoms with Crippen LogP contribution in [-0.4, -0.2) is 33.8 Å². The summed E-state index contributed by atoms with van der Waals surface area (Å²) in [6.45, 7) is 2.60. The third-order valence-electron chi connectivity index (χ3n) is 3.25. The number of β-amino-alcohol motifs (C(OH)–C–C–N with tert-alkyl or cyclic N) is 1. The maximum Gasteiger partial charge on any atom is 0.275 e. The van der Waals surface area contributed by atoms with E-state index in [1.807, 2.05) is 4.90 Å². The summed E-state index contributed by atoms with van der Waals surface area (Å²) in [6.07, 6.45) is 0.665. The molecule has 1 fully saturated rings. The topological polar surface area (TPSA) is 86.8 Å². The first kappa shape index (κ1) is 12.8. The zero-order chi connectivity index (χ0) is 13.3. The van der Waals surface area contributed by atoms with Crippen molar-refractivity contribution in [1.82, 2.24) is 0 Å². The van der Waals surface area contributed by atoms with Crippen molar-refractivity contribution in [2.24, 2.45) is 0 Å². The van der Waals surface area contributed by atoms with Crippen molar-refractivity contribution in [3.8, 4) is 0 Å². The second-order valence-corrected chi connectivity index (χ2v) is 4.90. The first-order valence-corrected chi connectivity index (χ1v) is 5.78. The molecule has 1 atom stereocenters. The van der Waals surface area contributed by atoms with Gasteiger partial charge < -0.3 is 15.1 Å². The van der Waals surface area contributed by atoms with Crippen molar-refractivity contribution < 1.29 is 15.1 Å². The summed E-state index contributed by atoms with van der Waals surface area (Å²) >= 11 is 0. The molecule has 0 bridgehead atoms. The summed E-state index contributed by atoms with van der Waals surface area (Å²) in [5, 5.41) is 29.8. The van der Waals surface area contributed by atoms with E-state index in [1.165, 1.54) is 6.07 Å². The lowest BCUT2D eigenvalue weighted by Gasteiger charge is -2.21. The Balaban J connectivity index is 2.28. The van der Waals surface area contributed by atoms with Crippen molar-refractivity contribution in [1.29, 1.82) is 0 Å². The molecule has 2 N–H and O–H groups in total. The molecule has 0 amide bonds. The van der Waals surface area contributed by atoms with E-state index in [2.05, 4.69) is 0 Å². The Morgan fingerprint density at radius 3 is 2.78 bits per heavy atom. The van der Waals surface area contributed by atoms with Crippen LogP contribution in [0.15, 0.2) is 18.2 Å². The van der Waals surface area contributed by atoms with Gasteiger partial charge in [-0.05, 0) is 25.5 Å². The van der Waals surface area contributed by atoms with Crippen LogP contribution in [-0.2, 0) is 6.61 Å². The van der Waals surface area contributed by atoms with Crippen LogP contribution in [0.3, 0.4) is 0 Å². The molecule has 1 heterocycles. The van der Waals surface area contributed by atoms with Gasteiger partial charge >= 0.3 is 0 Å². The summed E-state index contributed by atoms with van der Waals surface area (Å²) in [6, 6.07) is 4.66. The van der Waals surface area contributed by atoms with Gasteiger partial charge in [0.1, 0.15) is 0 Å². The van der Waals surface area contributed by atoms with Crippen LogP contribution in [0.1, 0.15) is 18.9 Å².